The number of rotatable bonds is 10. The Hall–Kier alpha value is -3.34. The summed E-state index contributed by atoms with van der Waals surface area (Å²) in [5.41, 5.74) is 4.68. The van der Waals surface area contributed by atoms with Gasteiger partial charge in [0.1, 0.15) is 17.2 Å². The average Bonchev–Trinajstić information content (AvgIpc) is 2.75. The molecular formula is C28H43NO10. The molecule has 39 heavy (non-hydrogen) atoms. The van der Waals surface area contributed by atoms with Crippen molar-refractivity contribution in [2.24, 2.45) is 23.5 Å². The van der Waals surface area contributed by atoms with Crippen LogP contribution in [0.4, 0.5) is 9.59 Å². The van der Waals surface area contributed by atoms with Gasteiger partial charge in [-0.05, 0) is 71.1 Å². The lowest BCUT2D eigenvalue weighted by Crippen LogP contribution is -2.41. The molecule has 0 aliphatic carbocycles. The molecule has 0 fully saturated rings. The molecule has 0 spiro atoms. The summed E-state index contributed by atoms with van der Waals surface area (Å²) >= 11 is 0. The van der Waals surface area contributed by atoms with Crippen molar-refractivity contribution in [3.63, 3.8) is 0 Å². The molecule has 0 heterocycles. The SMILES string of the molecule is CC(C)C(C)C(=O)OCC(C)C(c1ccc(OC(=O)OC(C)(C)C)c(OC(=O)OC(C)(C)C)c1)[C@H](N)C(=O)O. The maximum atomic E-state index is 12.5. The summed E-state index contributed by atoms with van der Waals surface area (Å²) in [6, 6.07) is 2.77. The van der Waals surface area contributed by atoms with Crippen molar-refractivity contribution >= 4 is 24.2 Å². The summed E-state index contributed by atoms with van der Waals surface area (Å²) in [5.74, 6) is -3.77. The number of carboxylic acids is 1. The maximum absolute atomic E-state index is 12.5. The number of ether oxygens (including phenoxy) is 5. The molecule has 0 saturated heterocycles. The van der Waals surface area contributed by atoms with Crippen molar-refractivity contribution in [2.45, 2.75) is 92.4 Å². The minimum absolute atomic E-state index is 0.0648. The Kier molecular flexibility index (Phi) is 11.8. The van der Waals surface area contributed by atoms with Gasteiger partial charge in [-0.3, -0.25) is 9.59 Å². The van der Waals surface area contributed by atoms with Gasteiger partial charge < -0.3 is 34.5 Å². The van der Waals surface area contributed by atoms with Crippen LogP contribution in [0, 0.1) is 17.8 Å². The number of hydrogen-bond acceptors (Lipinski definition) is 10. The zero-order valence-corrected chi connectivity index (χ0v) is 24.5. The number of carbonyl (C=O) groups excluding carboxylic acids is 3. The second-order valence-electron chi connectivity index (χ2n) is 11.9. The highest BCUT2D eigenvalue weighted by Gasteiger charge is 2.33. The van der Waals surface area contributed by atoms with Crippen molar-refractivity contribution in [2.75, 3.05) is 6.61 Å². The highest BCUT2D eigenvalue weighted by atomic mass is 16.8. The van der Waals surface area contributed by atoms with Crippen LogP contribution in [0.3, 0.4) is 0 Å². The van der Waals surface area contributed by atoms with E-state index in [1.807, 2.05) is 13.8 Å². The minimum atomic E-state index is -1.40. The standard InChI is InChI=1S/C28H43NO10/c1-15(2)17(4)24(32)35-14-16(3)21(22(29)23(30)31)18-11-12-19(36-25(33)38-27(5,6)7)20(13-18)37-26(34)39-28(8,9)10/h11-13,15-17,21-22H,14,29H2,1-10H3,(H,30,31)/t16?,17?,21?,22-/m0/s1. The van der Waals surface area contributed by atoms with E-state index in [0.717, 1.165) is 0 Å². The quantitative estimate of drug-likeness (QED) is 0.220. The van der Waals surface area contributed by atoms with Crippen LogP contribution in [0.15, 0.2) is 18.2 Å². The van der Waals surface area contributed by atoms with Crippen molar-refractivity contribution in [3.05, 3.63) is 23.8 Å². The summed E-state index contributed by atoms with van der Waals surface area (Å²) in [6.45, 7) is 17.0. The minimum Gasteiger partial charge on any atom is -0.480 e. The molecule has 11 nitrogen and oxygen atoms in total. The van der Waals surface area contributed by atoms with Gasteiger partial charge in [-0.15, -0.1) is 0 Å². The number of benzene rings is 1. The van der Waals surface area contributed by atoms with E-state index in [1.165, 1.54) is 18.2 Å². The van der Waals surface area contributed by atoms with E-state index in [0.29, 0.717) is 5.56 Å². The van der Waals surface area contributed by atoms with Crippen LogP contribution in [0.1, 0.15) is 80.7 Å². The lowest BCUT2D eigenvalue weighted by atomic mass is 9.82. The Morgan fingerprint density at radius 2 is 1.33 bits per heavy atom. The third kappa shape index (κ3) is 11.5. The third-order valence-electron chi connectivity index (χ3n) is 5.66. The summed E-state index contributed by atoms with van der Waals surface area (Å²) < 4.78 is 26.5. The van der Waals surface area contributed by atoms with Crippen LogP contribution in [0.2, 0.25) is 0 Å². The highest BCUT2D eigenvalue weighted by molar-refractivity contribution is 5.75. The van der Waals surface area contributed by atoms with E-state index >= 15 is 0 Å². The van der Waals surface area contributed by atoms with E-state index in [4.69, 9.17) is 29.4 Å². The van der Waals surface area contributed by atoms with Crippen LogP contribution in [0.25, 0.3) is 0 Å². The third-order valence-corrected chi connectivity index (χ3v) is 5.66. The first kappa shape index (κ1) is 33.7. The first-order valence-corrected chi connectivity index (χ1v) is 12.8. The van der Waals surface area contributed by atoms with Crippen molar-refractivity contribution in [1.29, 1.82) is 0 Å². The number of nitrogens with two attached hydrogens (primary N) is 1. The molecule has 4 atom stereocenters. The van der Waals surface area contributed by atoms with Crippen LogP contribution in [0.5, 0.6) is 11.5 Å². The summed E-state index contributed by atoms with van der Waals surface area (Å²) in [4.78, 5) is 49.0. The molecular weight excluding hydrogens is 510 g/mol. The fourth-order valence-corrected chi connectivity index (χ4v) is 3.38. The zero-order chi connectivity index (χ0) is 30.3. The lowest BCUT2D eigenvalue weighted by Gasteiger charge is -2.28. The zero-order valence-electron chi connectivity index (χ0n) is 24.5. The molecule has 1 aromatic rings. The van der Waals surface area contributed by atoms with Crippen molar-refractivity contribution < 1.29 is 48.0 Å². The van der Waals surface area contributed by atoms with Gasteiger partial charge in [0.05, 0.1) is 12.5 Å². The van der Waals surface area contributed by atoms with E-state index in [-0.39, 0.29) is 29.9 Å². The van der Waals surface area contributed by atoms with Gasteiger partial charge in [-0.2, -0.15) is 0 Å². The molecule has 0 aliphatic rings. The predicted octanol–water partition coefficient (Wildman–Crippen LogP) is 5.28. The van der Waals surface area contributed by atoms with Crippen LogP contribution in [-0.2, 0) is 23.8 Å². The molecule has 3 N–H and O–H groups in total. The molecule has 0 saturated carbocycles. The van der Waals surface area contributed by atoms with Gasteiger partial charge in [-0.25, -0.2) is 9.59 Å². The molecule has 0 radical (unpaired) electrons. The predicted molar refractivity (Wildman–Crippen MR) is 143 cm³/mol. The topological polar surface area (TPSA) is 161 Å². The lowest BCUT2D eigenvalue weighted by molar-refractivity contribution is -0.151. The molecule has 0 bridgehead atoms. The van der Waals surface area contributed by atoms with Gasteiger partial charge in [0, 0.05) is 5.92 Å². The Balaban J connectivity index is 3.43. The second-order valence-corrected chi connectivity index (χ2v) is 11.9. The Morgan fingerprint density at radius 3 is 1.77 bits per heavy atom. The normalized spacial score (nSPS) is 15.0. The molecule has 1 aromatic carbocycles. The molecule has 1 rings (SSSR count). The summed E-state index contributed by atoms with van der Waals surface area (Å²) in [5, 5.41) is 9.70. The molecule has 3 unspecified atom stereocenters. The van der Waals surface area contributed by atoms with Crippen LogP contribution >= 0.6 is 0 Å². The number of esters is 1. The van der Waals surface area contributed by atoms with Crippen LogP contribution < -0.4 is 15.2 Å². The molecule has 11 heteroatoms. The molecule has 0 amide bonds. The fraction of sp³-hybridized carbons (Fsp3) is 0.643. The van der Waals surface area contributed by atoms with Crippen LogP contribution in [-0.4, -0.2) is 53.2 Å². The van der Waals surface area contributed by atoms with Gasteiger partial charge in [0.15, 0.2) is 11.5 Å². The fourth-order valence-electron chi connectivity index (χ4n) is 3.38. The largest absolute Gasteiger partial charge is 0.514 e. The van der Waals surface area contributed by atoms with E-state index in [2.05, 4.69) is 0 Å². The maximum Gasteiger partial charge on any atom is 0.514 e. The van der Waals surface area contributed by atoms with Gasteiger partial charge in [-0.1, -0.05) is 33.8 Å². The number of carboxylic acid groups (broad SMARTS) is 1. The first-order chi connectivity index (χ1) is 17.7. The Labute approximate surface area is 230 Å². The molecule has 0 aromatic heterocycles. The number of carbonyl (C=O) groups is 4. The average molecular weight is 554 g/mol. The van der Waals surface area contributed by atoms with Gasteiger partial charge >= 0.3 is 24.2 Å². The number of hydrogen-bond donors (Lipinski definition) is 2. The monoisotopic (exact) mass is 553 g/mol. The van der Waals surface area contributed by atoms with Crippen molar-refractivity contribution in [3.8, 4) is 11.5 Å². The van der Waals surface area contributed by atoms with Gasteiger partial charge in [0.25, 0.3) is 0 Å². The summed E-state index contributed by atoms with van der Waals surface area (Å²) in [6.07, 6.45) is -2.11. The number of aliphatic carboxylic acids is 1. The first-order valence-electron chi connectivity index (χ1n) is 12.8. The second kappa shape index (κ2) is 13.6. The highest BCUT2D eigenvalue weighted by Crippen LogP contribution is 2.36. The smallest absolute Gasteiger partial charge is 0.480 e. The van der Waals surface area contributed by atoms with E-state index < -0.39 is 53.3 Å². The molecule has 0 aliphatic heterocycles. The summed E-state index contributed by atoms with van der Waals surface area (Å²) in [7, 11) is 0. The van der Waals surface area contributed by atoms with Gasteiger partial charge in [0.2, 0.25) is 0 Å². The van der Waals surface area contributed by atoms with E-state index in [9.17, 15) is 24.3 Å². The molecule has 220 valence electrons. The van der Waals surface area contributed by atoms with E-state index in [1.54, 1.807) is 55.4 Å². The Morgan fingerprint density at radius 1 is 0.846 bits per heavy atom. The van der Waals surface area contributed by atoms with Crippen molar-refractivity contribution in [1.82, 2.24) is 0 Å². The Bertz CT molecular complexity index is 1020.